The SMILES string of the molecule is C=C(C)CC(=O)CSc1ccc(F)cc1. The Morgan fingerprint density at radius 2 is 2.00 bits per heavy atom. The fraction of sp³-hybridized carbons (Fsp3) is 0.250. The van der Waals surface area contributed by atoms with Crippen LogP contribution in [0.15, 0.2) is 41.3 Å². The summed E-state index contributed by atoms with van der Waals surface area (Å²) in [6.07, 6.45) is 0.425. The minimum absolute atomic E-state index is 0.150. The lowest BCUT2D eigenvalue weighted by Gasteiger charge is -2.01. The summed E-state index contributed by atoms with van der Waals surface area (Å²) in [4.78, 5) is 12.2. The molecule has 0 bridgehead atoms. The van der Waals surface area contributed by atoms with Crippen LogP contribution in [0.5, 0.6) is 0 Å². The predicted molar refractivity (Wildman–Crippen MR) is 61.6 cm³/mol. The smallest absolute Gasteiger partial charge is 0.147 e. The molecule has 80 valence electrons. The van der Waals surface area contributed by atoms with Crippen LogP contribution in [0.1, 0.15) is 13.3 Å². The number of hydrogen-bond acceptors (Lipinski definition) is 2. The second-order valence-corrected chi connectivity index (χ2v) is 4.46. The number of carbonyl (C=O) groups is 1. The molecule has 1 aromatic rings. The highest BCUT2D eigenvalue weighted by Crippen LogP contribution is 2.18. The zero-order chi connectivity index (χ0) is 11.3. The minimum atomic E-state index is -0.257. The molecule has 0 unspecified atom stereocenters. The van der Waals surface area contributed by atoms with Crippen LogP contribution in [0.2, 0.25) is 0 Å². The van der Waals surface area contributed by atoms with E-state index in [-0.39, 0.29) is 11.6 Å². The van der Waals surface area contributed by atoms with Gasteiger partial charge in [-0.25, -0.2) is 4.39 Å². The summed E-state index contributed by atoms with van der Waals surface area (Å²) in [5.41, 5.74) is 0.875. The summed E-state index contributed by atoms with van der Waals surface area (Å²) >= 11 is 1.42. The number of benzene rings is 1. The maximum absolute atomic E-state index is 12.6. The van der Waals surface area contributed by atoms with Gasteiger partial charge >= 0.3 is 0 Å². The normalized spacial score (nSPS) is 10.0. The molecular formula is C12H13FOS. The van der Waals surface area contributed by atoms with E-state index in [4.69, 9.17) is 0 Å². The van der Waals surface area contributed by atoms with Crippen LogP contribution in [0, 0.1) is 5.82 Å². The van der Waals surface area contributed by atoms with Gasteiger partial charge in [0, 0.05) is 11.3 Å². The zero-order valence-corrected chi connectivity index (χ0v) is 9.44. The summed E-state index contributed by atoms with van der Waals surface area (Å²) in [5.74, 6) is 0.308. The molecule has 0 fully saturated rings. The fourth-order valence-electron chi connectivity index (χ4n) is 1.08. The van der Waals surface area contributed by atoms with Gasteiger partial charge < -0.3 is 0 Å². The van der Waals surface area contributed by atoms with Crippen molar-refractivity contribution >= 4 is 17.5 Å². The topological polar surface area (TPSA) is 17.1 Å². The Hall–Kier alpha value is -1.09. The van der Waals surface area contributed by atoms with Gasteiger partial charge in [-0.05, 0) is 31.2 Å². The van der Waals surface area contributed by atoms with Crippen LogP contribution in [-0.2, 0) is 4.79 Å². The average molecular weight is 224 g/mol. The summed E-state index contributed by atoms with van der Waals surface area (Å²) in [7, 11) is 0. The van der Waals surface area contributed by atoms with E-state index in [1.165, 1.54) is 23.9 Å². The highest BCUT2D eigenvalue weighted by atomic mass is 32.2. The van der Waals surface area contributed by atoms with Crippen LogP contribution < -0.4 is 0 Å². The van der Waals surface area contributed by atoms with Crippen molar-refractivity contribution in [2.24, 2.45) is 0 Å². The molecule has 0 aromatic heterocycles. The van der Waals surface area contributed by atoms with E-state index < -0.39 is 0 Å². The van der Waals surface area contributed by atoms with Gasteiger partial charge in [-0.3, -0.25) is 4.79 Å². The maximum Gasteiger partial charge on any atom is 0.147 e. The van der Waals surface area contributed by atoms with Gasteiger partial charge in [0.1, 0.15) is 11.6 Å². The number of thioether (sulfide) groups is 1. The van der Waals surface area contributed by atoms with Gasteiger partial charge in [-0.15, -0.1) is 11.8 Å². The highest BCUT2D eigenvalue weighted by molar-refractivity contribution is 8.00. The van der Waals surface area contributed by atoms with Crippen molar-refractivity contribution in [3.05, 3.63) is 42.2 Å². The monoisotopic (exact) mass is 224 g/mol. The molecule has 1 aromatic carbocycles. The van der Waals surface area contributed by atoms with Crippen molar-refractivity contribution in [1.29, 1.82) is 0 Å². The highest BCUT2D eigenvalue weighted by Gasteiger charge is 2.03. The largest absolute Gasteiger partial charge is 0.298 e. The first-order valence-electron chi connectivity index (χ1n) is 4.62. The molecule has 0 saturated carbocycles. The summed E-state index contributed by atoms with van der Waals surface area (Å²) in [6.45, 7) is 5.52. The Labute approximate surface area is 93.4 Å². The van der Waals surface area contributed by atoms with Crippen LogP contribution in [-0.4, -0.2) is 11.5 Å². The summed E-state index contributed by atoms with van der Waals surface area (Å²) < 4.78 is 12.6. The second-order valence-electron chi connectivity index (χ2n) is 3.42. The molecule has 0 amide bonds. The quantitative estimate of drug-likeness (QED) is 0.563. The van der Waals surface area contributed by atoms with Crippen molar-refractivity contribution in [2.45, 2.75) is 18.2 Å². The Balaban J connectivity index is 2.40. The van der Waals surface area contributed by atoms with Crippen LogP contribution >= 0.6 is 11.8 Å². The fourth-order valence-corrected chi connectivity index (χ4v) is 1.84. The van der Waals surface area contributed by atoms with Crippen LogP contribution in [0.4, 0.5) is 4.39 Å². The van der Waals surface area contributed by atoms with Gasteiger partial charge in [-0.2, -0.15) is 0 Å². The van der Waals surface area contributed by atoms with Gasteiger partial charge in [0.15, 0.2) is 0 Å². The van der Waals surface area contributed by atoms with E-state index in [0.29, 0.717) is 12.2 Å². The third kappa shape index (κ3) is 4.79. The van der Waals surface area contributed by atoms with Gasteiger partial charge in [-0.1, -0.05) is 12.2 Å². The molecule has 1 rings (SSSR count). The predicted octanol–water partition coefficient (Wildman–Crippen LogP) is 3.45. The Kier molecular flexibility index (Phi) is 4.56. The van der Waals surface area contributed by atoms with Gasteiger partial charge in [0.05, 0.1) is 5.75 Å². The molecule has 0 atom stereocenters. The molecule has 0 spiro atoms. The molecule has 15 heavy (non-hydrogen) atoms. The van der Waals surface area contributed by atoms with E-state index in [1.807, 2.05) is 6.92 Å². The molecule has 0 heterocycles. The van der Waals surface area contributed by atoms with Crippen LogP contribution in [0.25, 0.3) is 0 Å². The van der Waals surface area contributed by atoms with Crippen molar-refractivity contribution in [1.82, 2.24) is 0 Å². The molecule has 0 aliphatic rings. The lowest BCUT2D eigenvalue weighted by Crippen LogP contribution is -2.01. The standard InChI is InChI=1S/C12H13FOS/c1-9(2)7-11(14)8-15-12-5-3-10(13)4-6-12/h3-6H,1,7-8H2,2H3. The number of halogens is 1. The molecule has 0 radical (unpaired) electrons. The molecular weight excluding hydrogens is 211 g/mol. The first kappa shape index (κ1) is 12.0. The van der Waals surface area contributed by atoms with Gasteiger partial charge in [0.2, 0.25) is 0 Å². The lowest BCUT2D eigenvalue weighted by atomic mass is 10.2. The number of hydrogen-bond donors (Lipinski definition) is 0. The van der Waals surface area contributed by atoms with Crippen molar-refractivity contribution in [3.8, 4) is 0 Å². The Morgan fingerprint density at radius 3 is 2.53 bits per heavy atom. The molecule has 0 saturated heterocycles. The minimum Gasteiger partial charge on any atom is -0.298 e. The van der Waals surface area contributed by atoms with E-state index in [1.54, 1.807) is 12.1 Å². The van der Waals surface area contributed by atoms with E-state index in [0.717, 1.165) is 10.5 Å². The van der Waals surface area contributed by atoms with Crippen LogP contribution in [0.3, 0.4) is 0 Å². The van der Waals surface area contributed by atoms with Gasteiger partial charge in [0.25, 0.3) is 0 Å². The number of allylic oxidation sites excluding steroid dienone is 1. The lowest BCUT2D eigenvalue weighted by molar-refractivity contribution is -0.115. The molecule has 1 nitrogen and oxygen atoms in total. The number of carbonyl (C=O) groups excluding carboxylic acids is 1. The third-order valence-electron chi connectivity index (χ3n) is 1.71. The molecule has 0 aliphatic heterocycles. The first-order chi connectivity index (χ1) is 7.08. The molecule has 3 heteroatoms. The number of ketones is 1. The zero-order valence-electron chi connectivity index (χ0n) is 8.63. The maximum atomic E-state index is 12.6. The van der Waals surface area contributed by atoms with E-state index >= 15 is 0 Å². The third-order valence-corrected chi connectivity index (χ3v) is 2.78. The number of Topliss-reactive ketones (excluding diaryl/α,β-unsaturated/α-hetero) is 1. The van der Waals surface area contributed by atoms with E-state index in [2.05, 4.69) is 6.58 Å². The number of rotatable bonds is 5. The summed E-state index contributed by atoms with van der Waals surface area (Å²) in [5, 5.41) is 0. The Bertz CT molecular complexity index is 356. The van der Waals surface area contributed by atoms with Crippen molar-refractivity contribution in [2.75, 3.05) is 5.75 Å². The van der Waals surface area contributed by atoms with E-state index in [9.17, 15) is 9.18 Å². The van der Waals surface area contributed by atoms with Crippen molar-refractivity contribution < 1.29 is 9.18 Å². The average Bonchev–Trinajstić information content (AvgIpc) is 2.16. The summed E-state index contributed by atoms with van der Waals surface area (Å²) in [6, 6.07) is 6.14. The first-order valence-corrected chi connectivity index (χ1v) is 5.61. The van der Waals surface area contributed by atoms with Crippen molar-refractivity contribution in [3.63, 3.8) is 0 Å². The molecule has 0 N–H and O–H groups in total. The second kappa shape index (κ2) is 5.71. The Morgan fingerprint density at radius 1 is 1.40 bits per heavy atom. The molecule has 0 aliphatic carbocycles.